The molecule has 4 aromatic rings. The van der Waals surface area contributed by atoms with Gasteiger partial charge in [0.15, 0.2) is 0 Å². The molecule has 0 atom stereocenters. The van der Waals surface area contributed by atoms with E-state index >= 15 is 0 Å². The third-order valence-corrected chi connectivity index (χ3v) is 4.45. The molecule has 0 aliphatic carbocycles. The minimum absolute atomic E-state index is 0.128. The molecule has 26 heavy (non-hydrogen) atoms. The lowest BCUT2D eigenvalue weighted by atomic mass is 10.0. The van der Waals surface area contributed by atoms with Gasteiger partial charge in [0, 0.05) is 11.6 Å². The first-order valence-electron chi connectivity index (χ1n) is 8.44. The first-order valence-corrected chi connectivity index (χ1v) is 8.44. The van der Waals surface area contributed by atoms with Gasteiger partial charge in [-0.3, -0.25) is 4.79 Å². The van der Waals surface area contributed by atoms with Crippen molar-refractivity contribution in [3.8, 4) is 17.0 Å². The van der Waals surface area contributed by atoms with E-state index in [1.165, 1.54) is 4.68 Å². The first-order chi connectivity index (χ1) is 12.8. The quantitative estimate of drug-likeness (QED) is 0.560. The molecule has 4 heteroatoms. The second-order valence-electron chi connectivity index (χ2n) is 6.05. The number of rotatable bonds is 4. The fourth-order valence-corrected chi connectivity index (χ4v) is 3.15. The summed E-state index contributed by atoms with van der Waals surface area (Å²) < 4.78 is 6.92. The van der Waals surface area contributed by atoms with Gasteiger partial charge in [-0.1, -0.05) is 54.6 Å². The van der Waals surface area contributed by atoms with Crippen LogP contribution in [-0.4, -0.2) is 16.9 Å². The molecule has 1 aromatic heterocycles. The van der Waals surface area contributed by atoms with Crippen LogP contribution in [0.2, 0.25) is 0 Å². The van der Waals surface area contributed by atoms with Crippen LogP contribution in [-0.2, 0) is 6.54 Å². The third-order valence-electron chi connectivity index (χ3n) is 4.45. The van der Waals surface area contributed by atoms with E-state index in [1.807, 2.05) is 48.5 Å². The Balaban J connectivity index is 1.79. The highest BCUT2D eigenvalue weighted by Gasteiger charge is 2.09. The molecule has 128 valence electrons. The molecule has 0 N–H and O–H groups in total. The molecule has 0 saturated carbocycles. The molecule has 0 bridgehead atoms. The maximum absolute atomic E-state index is 12.4. The Labute approximate surface area is 151 Å². The fourth-order valence-electron chi connectivity index (χ4n) is 3.15. The Morgan fingerprint density at radius 3 is 2.54 bits per heavy atom. The molecule has 0 unspecified atom stereocenters. The lowest BCUT2D eigenvalue weighted by Gasteiger charge is -2.11. The minimum atomic E-state index is -0.128. The predicted octanol–water partition coefficient (Wildman–Crippen LogP) is 4.12. The Morgan fingerprint density at radius 1 is 0.885 bits per heavy atom. The van der Waals surface area contributed by atoms with E-state index in [2.05, 4.69) is 23.3 Å². The van der Waals surface area contributed by atoms with Crippen molar-refractivity contribution in [1.82, 2.24) is 9.78 Å². The zero-order valence-corrected chi connectivity index (χ0v) is 14.4. The molecular formula is C22H18N2O2. The standard InChI is InChI=1S/C22H18N2O2/c1-26-21-12-5-4-11-19(21)20-13-14-22(25)24(23-20)15-17-9-6-8-16-7-2-3-10-18(16)17/h2-14H,15H2,1H3. The molecule has 0 fully saturated rings. The Morgan fingerprint density at radius 2 is 1.65 bits per heavy atom. The number of aromatic nitrogens is 2. The molecule has 0 aliphatic rings. The van der Waals surface area contributed by atoms with Gasteiger partial charge in [-0.05, 0) is 34.5 Å². The van der Waals surface area contributed by atoms with Crippen LogP contribution in [0, 0.1) is 0 Å². The van der Waals surface area contributed by atoms with E-state index in [9.17, 15) is 4.79 Å². The normalized spacial score (nSPS) is 10.8. The lowest BCUT2D eigenvalue weighted by Crippen LogP contribution is -2.23. The summed E-state index contributed by atoms with van der Waals surface area (Å²) in [7, 11) is 1.63. The van der Waals surface area contributed by atoms with Gasteiger partial charge in [-0.15, -0.1) is 0 Å². The smallest absolute Gasteiger partial charge is 0.267 e. The van der Waals surface area contributed by atoms with Gasteiger partial charge in [0.05, 0.1) is 19.3 Å². The summed E-state index contributed by atoms with van der Waals surface area (Å²) in [6.07, 6.45) is 0. The molecule has 0 radical (unpaired) electrons. The van der Waals surface area contributed by atoms with Crippen LogP contribution in [0.25, 0.3) is 22.0 Å². The summed E-state index contributed by atoms with van der Waals surface area (Å²) in [5.41, 5.74) is 2.51. The van der Waals surface area contributed by atoms with E-state index in [-0.39, 0.29) is 5.56 Å². The van der Waals surface area contributed by atoms with E-state index < -0.39 is 0 Å². The molecule has 0 amide bonds. The molecular weight excluding hydrogens is 324 g/mol. The molecule has 3 aromatic carbocycles. The van der Waals surface area contributed by atoms with Crippen molar-refractivity contribution in [2.75, 3.05) is 7.11 Å². The van der Waals surface area contributed by atoms with Gasteiger partial charge in [0.2, 0.25) is 0 Å². The van der Waals surface area contributed by atoms with Crippen molar-refractivity contribution in [1.29, 1.82) is 0 Å². The molecule has 0 saturated heterocycles. The number of methoxy groups -OCH3 is 1. The predicted molar refractivity (Wildman–Crippen MR) is 104 cm³/mol. The van der Waals surface area contributed by atoms with Gasteiger partial charge in [-0.25, -0.2) is 4.68 Å². The van der Waals surface area contributed by atoms with Crippen LogP contribution in [0.5, 0.6) is 5.75 Å². The van der Waals surface area contributed by atoms with Gasteiger partial charge >= 0.3 is 0 Å². The average Bonchev–Trinajstić information content (AvgIpc) is 2.70. The largest absolute Gasteiger partial charge is 0.496 e. The maximum Gasteiger partial charge on any atom is 0.267 e. The van der Waals surface area contributed by atoms with Crippen LogP contribution < -0.4 is 10.3 Å². The van der Waals surface area contributed by atoms with Gasteiger partial charge < -0.3 is 4.74 Å². The number of para-hydroxylation sites is 1. The van der Waals surface area contributed by atoms with Crippen LogP contribution in [0.1, 0.15) is 5.56 Å². The highest BCUT2D eigenvalue weighted by atomic mass is 16.5. The first kappa shape index (κ1) is 16.1. The molecule has 1 heterocycles. The minimum Gasteiger partial charge on any atom is -0.496 e. The highest BCUT2D eigenvalue weighted by Crippen LogP contribution is 2.27. The van der Waals surface area contributed by atoms with Gasteiger partial charge in [0.1, 0.15) is 5.75 Å². The average molecular weight is 342 g/mol. The summed E-state index contributed by atoms with van der Waals surface area (Å²) in [5.74, 6) is 0.732. The van der Waals surface area contributed by atoms with E-state index in [0.29, 0.717) is 12.2 Å². The van der Waals surface area contributed by atoms with E-state index in [1.54, 1.807) is 19.2 Å². The Bertz CT molecular complexity index is 1130. The van der Waals surface area contributed by atoms with Crippen LogP contribution in [0.3, 0.4) is 0 Å². The number of ether oxygens (including phenoxy) is 1. The number of benzene rings is 3. The summed E-state index contributed by atoms with van der Waals surface area (Å²) >= 11 is 0. The summed E-state index contributed by atoms with van der Waals surface area (Å²) in [6, 6.07) is 25.2. The van der Waals surface area contributed by atoms with E-state index in [4.69, 9.17) is 4.74 Å². The van der Waals surface area contributed by atoms with Crippen LogP contribution in [0.15, 0.2) is 83.7 Å². The van der Waals surface area contributed by atoms with Crippen molar-refractivity contribution in [2.24, 2.45) is 0 Å². The monoisotopic (exact) mass is 342 g/mol. The van der Waals surface area contributed by atoms with Crippen molar-refractivity contribution in [2.45, 2.75) is 6.54 Å². The fraction of sp³-hybridized carbons (Fsp3) is 0.0909. The Kier molecular flexibility index (Phi) is 4.23. The van der Waals surface area contributed by atoms with Crippen molar-refractivity contribution in [3.05, 3.63) is 94.8 Å². The zero-order chi connectivity index (χ0) is 17.9. The van der Waals surface area contributed by atoms with Gasteiger partial charge in [0.25, 0.3) is 5.56 Å². The van der Waals surface area contributed by atoms with Crippen LogP contribution >= 0.6 is 0 Å². The second kappa shape index (κ2) is 6.84. The van der Waals surface area contributed by atoms with Crippen molar-refractivity contribution >= 4 is 10.8 Å². The maximum atomic E-state index is 12.4. The molecule has 4 rings (SSSR count). The van der Waals surface area contributed by atoms with Crippen molar-refractivity contribution < 1.29 is 4.74 Å². The summed E-state index contributed by atoms with van der Waals surface area (Å²) in [5, 5.41) is 6.86. The molecule has 0 spiro atoms. The van der Waals surface area contributed by atoms with Crippen LogP contribution in [0.4, 0.5) is 0 Å². The van der Waals surface area contributed by atoms with E-state index in [0.717, 1.165) is 27.6 Å². The topological polar surface area (TPSA) is 44.1 Å². The van der Waals surface area contributed by atoms with Gasteiger partial charge in [-0.2, -0.15) is 5.10 Å². The summed E-state index contributed by atoms with van der Waals surface area (Å²) in [6.45, 7) is 0.420. The Hall–Kier alpha value is -3.40. The summed E-state index contributed by atoms with van der Waals surface area (Å²) in [4.78, 5) is 12.4. The highest BCUT2D eigenvalue weighted by molar-refractivity contribution is 5.85. The number of hydrogen-bond acceptors (Lipinski definition) is 3. The SMILES string of the molecule is COc1ccccc1-c1ccc(=O)n(Cc2cccc3ccccc23)n1. The third kappa shape index (κ3) is 2.97. The van der Waals surface area contributed by atoms with Crippen molar-refractivity contribution in [3.63, 3.8) is 0 Å². The molecule has 0 aliphatic heterocycles. The second-order valence-corrected chi connectivity index (χ2v) is 6.05. The number of fused-ring (bicyclic) bond motifs is 1. The zero-order valence-electron chi connectivity index (χ0n) is 14.4. The lowest BCUT2D eigenvalue weighted by molar-refractivity contribution is 0.416. The molecule has 4 nitrogen and oxygen atoms in total. The number of nitrogens with zero attached hydrogens (tertiary/aromatic N) is 2. The number of hydrogen-bond donors (Lipinski definition) is 0.